The van der Waals surface area contributed by atoms with Gasteiger partial charge in [0.05, 0.1) is 29.6 Å². The molecule has 0 aliphatic carbocycles. The van der Waals surface area contributed by atoms with Crippen molar-refractivity contribution in [3.63, 3.8) is 0 Å². The number of rotatable bonds is 9. The molecule has 0 fully saturated rings. The minimum Gasteiger partial charge on any atom is -0.494 e. The molecule has 4 aromatic rings. The molecule has 35 heavy (non-hydrogen) atoms. The summed E-state index contributed by atoms with van der Waals surface area (Å²) >= 11 is 0. The van der Waals surface area contributed by atoms with Gasteiger partial charge in [-0.05, 0) is 12.1 Å². The summed E-state index contributed by atoms with van der Waals surface area (Å²) in [6.07, 6.45) is 4.60. The van der Waals surface area contributed by atoms with Crippen molar-refractivity contribution >= 4 is 34.7 Å². The van der Waals surface area contributed by atoms with Gasteiger partial charge >= 0.3 is 0 Å². The Hall–Kier alpha value is -4.87. The first-order valence-corrected chi connectivity index (χ1v) is 10.6. The molecule has 3 heterocycles. The third-order valence-electron chi connectivity index (χ3n) is 5.03. The number of amides is 1. The molecule has 178 valence electrons. The quantitative estimate of drug-likeness (QED) is 0.308. The van der Waals surface area contributed by atoms with E-state index in [1.54, 1.807) is 38.2 Å². The molecule has 0 aliphatic rings. The van der Waals surface area contributed by atoms with Crippen molar-refractivity contribution < 1.29 is 14.3 Å². The summed E-state index contributed by atoms with van der Waals surface area (Å²) in [6, 6.07) is 8.59. The number of ether oxygens (including phenoxy) is 1. The van der Waals surface area contributed by atoms with Crippen molar-refractivity contribution in [1.29, 1.82) is 0 Å². The van der Waals surface area contributed by atoms with Gasteiger partial charge in [0.2, 0.25) is 0 Å². The number of nitrogens with zero attached hydrogens (tertiary/aromatic N) is 6. The molecule has 0 unspecified atom stereocenters. The van der Waals surface area contributed by atoms with Crippen LogP contribution in [-0.4, -0.2) is 48.5 Å². The van der Waals surface area contributed by atoms with Gasteiger partial charge in [-0.2, -0.15) is 5.10 Å². The number of methoxy groups -OCH3 is 1. The van der Waals surface area contributed by atoms with Crippen LogP contribution in [-0.2, 0) is 7.05 Å². The lowest BCUT2D eigenvalue weighted by Gasteiger charge is -2.17. The number of hydrogen-bond acceptors (Lipinski definition) is 10. The molecule has 12 heteroatoms. The predicted octanol–water partition coefficient (Wildman–Crippen LogP) is 2.85. The minimum absolute atomic E-state index is 0.0586. The fourth-order valence-corrected chi connectivity index (χ4v) is 3.37. The van der Waals surface area contributed by atoms with E-state index >= 15 is 0 Å². The van der Waals surface area contributed by atoms with Crippen LogP contribution in [0.25, 0.3) is 11.4 Å². The molecule has 0 radical (unpaired) electrons. The first kappa shape index (κ1) is 23.3. The molecule has 0 saturated carbocycles. The van der Waals surface area contributed by atoms with Gasteiger partial charge in [-0.25, -0.2) is 19.9 Å². The molecule has 0 aliphatic heterocycles. The maximum Gasteiger partial charge on any atom is 0.267 e. The number of carbonyl (C=O) groups is 2. The molecular weight excluding hydrogens is 450 g/mol. The number of ketones is 1. The maximum absolute atomic E-state index is 12.6. The van der Waals surface area contributed by atoms with E-state index in [4.69, 9.17) is 10.5 Å². The Kier molecular flexibility index (Phi) is 6.62. The van der Waals surface area contributed by atoms with E-state index in [1.807, 2.05) is 18.2 Å². The van der Waals surface area contributed by atoms with Crippen LogP contribution in [0.2, 0.25) is 0 Å². The lowest BCUT2D eigenvalue weighted by Crippen LogP contribution is -2.13. The monoisotopic (exact) mass is 473 g/mol. The van der Waals surface area contributed by atoms with Gasteiger partial charge in [-0.1, -0.05) is 13.0 Å². The minimum atomic E-state index is -0.677. The number of Topliss-reactive ketones (excluding diaryl/α,β-unsaturated/α-hetero) is 1. The Balaban J connectivity index is 1.72. The number of carbonyl (C=O) groups excluding carboxylic acids is 2. The highest BCUT2D eigenvalue weighted by Crippen LogP contribution is 2.37. The number of aromatic nitrogens is 6. The van der Waals surface area contributed by atoms with Gasteiger partial charge in [-0.15, -0.1) is 0 Å². The summed E-state index contributed by atoms with van der Waals surface area (Å²) in [5.41, 5.74) is 7.56. The normalized spacial score (nSPS) is 10.6. The average molecular weight is 473 g/mol. The zero-order valence-electron chi connectivity index (χ0n) is 19.3. The lowest BCUT2D eigenvalue weighted by atomic mass is 10.1. The van der Waals surface area contributed by atoms with E-state index in [1.165, 1.54) is 18.6 Å². The molecule has 0 saturated heterocycles. The number of primary amides is 1. The van der Waals surface area contributed by atoms with Gasteiger partial charge in [0, 0.05) is 31.8 Å². The van der Waals surface area contributed by atoms with Gasteiger partial charge in [0.1, 0.15) is 30.0 Å². The molecule has 0 bridgehead atoms. The number of para-hydroxylation sites is 1. The zero-order chi connectivity index (χ0) is 24.9. The van der Waals surface area contributed by atoms with E-state index in [-0.39, 0.29) is 11.5 Å². The van der Waals surface area contributed by atoms with Crippen molar-refractivity contribution in [1.82, 2.24) is 29.7 Å². The fraction of sp³-hybridized carbons (Fsp3) is 0.174. The molecule has 0 atom stereocenters. The fourth-order valence-electron chi connectivity index (χ4n) is 3.37. The third kappa shape index (κ3) is 5.05. The van der Waals surface area contributed by atoms with Crippen LogP contribution in [0.5, 0.6) is 5.75 Å². The molecule has 1 aromatic carbocycles. The average Bonchev–Trinajstić information content (AvgIpc) is 3.30. The zero-order valence-corrected chi connectivity index (χ0v) is 19.3. The van der Waals surface area contributed by atoms with Crippen LogP contribution in [0.15, 0.2) is 49.2 Å². The van der Waals surface area contributed by atoms with Crippen LogP contribution < -0.4 is 21.1 Å². The summed E-state index contributed by atoms with van der Waals surface area (Å²) in [7, 11) is 3.33. The van der Waals surface area contributed by atoms with Crippen LogP contribution >= 0.6 is 0 Å². The number of aryl methyl sites for hydroxylation is 1. The van der Waals surface area contributed by atoms with Crippen LogP contribution in [0, 0.1) is 0 Å². The molecule has 12 nitrogen and oxygen atoms in total. The second-order valence-corrected chi connectivity index (χ2v) is 7.42. The first-order valence-electron chi connectivity index (χ1n) is 10.6. The number of nitrogens with two attached hydrogens (primary N) is 1. The molecule has 4 N–H and O–H groups in total. The highest BCUT2D eigenvalue weighted by Gasteiger charge is 2.18. The summed E-state index contributed by atoms with van der Waals surface area (Å²) < 4.78 is 7.27. The number of benzene rings is 1. The number of nitrogens with one attached hydrogen (secondary N) is 2. The number of anilines is 4. The van der Waals surface area contributed by atoms with Crippen molar-refractivity contribution in [2.45, 2.75) is 13.3 Å². The van der Waals surface area contributed by atoms with Crippen molar-refractivity contribution in [2.24, 2.45) is 12.8 Å². The molecular formula is C23H23N9O3. The summed E-state index contributed by atoms with van der Waals surface area (Å²) in [6.45, 7) is 1.78. The van der Waals surface area contributed by atoms with E-state index in [0.717, 1.165) is 0 Å². The van der Waals surface area contributed by atoms with E-state index in [0.29, 0.717) is 52.1 Å². The Morgan fingerprint density at radius 1 is 1.06 bits per heavy atom. The topological polar surface area (TPSA) is 163 Å². The summed E-state index contributed by atoms with van der Waals surface area (Å²) in [4.78, 5) is 40.6. The standard InChI is InChI=1S/C23H23N9O3/c1-4-18(33)14-10-25-19(30-20-9-17(22(24)34)26-11-27-20)8-16(14)29-15-7-5-6-13(21(15)35-3)23-28-12-32(2)31-23/h5-12H,4H2,1-3H3,(H2,24,34)(H2,25,26,27,29,30). The summed E-state index contributed by atoms with van der Waals surface area (Å²) in [5, 5.41) is 10.6. The van der Waals surface area contributed by atoms with Gasteiger partial charge in [-0.3, -0.25) is 14.3 Å². The molecule has 3 aromatic heterocycles. The number of pyridine rings is 1. The molecule has 0 spiro atoms. The van der Waals surface area contributed by atoms with Crippen LogP contribution in [0.4, 0.5) is 23.0 Å². The summed E-state index contributed by atoms with van der Waals surface area (Å²) in [5.74, 6) is 0.958. The Bertz CT molecular complexity index is 1400. The molecule has 1 amide bonds. The maximum atomic E-state index is 12.6. The second kappa shape index (κ2) is 9.95. The smallest absolute Gasteiger partial charge is 0.267 e. The molecule has 4 rings (SSSR count). The van der Waals surface area contributed by atoms with Gasteiger partial charge < -0.3 is 21.1 Å². The van der Waals surface area contributed by atoms with Gasteiger partial charge in [0.25, 0.3) is 5.91 Å². The van der Waals surface area contributed by atoms with Crippen LogP contribution in [0.3, 0.4) is 0 Å². The largest absolute Gasteiger partial charge is 0.494 e. The Morgan fingerprint density at radius 2 is 1.86 bits per heavy atom. The third-order valence-corrected chi connectivity index (χ3v) is 5.03. The van der Waals surface area contributed by atoms with Gasteiger partial charge in [0.15, 0.2) is 17.4 Å². The number of hydrogen-bond donors (Lipinski definition) is 3. The Morgan fingerprint density at radius 3 is 2.54 bits per heavy atom. The second-order valence-electron chi connectivity index (χ2n) is 7.42. The highest BCUT2D eigenvalue weighted by molar-refractivity contribution is 6.02. The van der Waals surface area contributed by atoms with Crippen molar-refractivity contribution in [2.75, 3.05) is 17.7 Å². The first-order chi connectivity index (χ1) is 16.9. The lowest BCUT2D eigenvalue weighted by molar-refractivity contribution is 0.0983. The SMILES string of the molecule is CCC(=O)c1cnc(Nc2cc(C(N)=O)ncn2)cc1Nc1cccc(-c2ncn(C)n2)c1OC. The van der Waals surface area contributed by atoms with E-state index < -0.39 is 5.91 Å². The van der Waals surface area contributed by atoms with E-state index in [9.17, 15) is 9.59 Å². The predicted molar refractivity (Wildman–Crippen MR) is 129 cm³/mol. The van der Waals surface area contributed by atoms with Crippen molar-refractivity contribution in [3.8, 4) is 17.1 Å². The van der Waals surface area contributed by atoms with E-state index in [2.05, 4.69) is 35.7 Å². The van der Waals surface area contributed by atoms with Crippen LogP contribution in [0.1, 0.15) is 34.2 Å². The Labute approximate surface area is 200 Å². The highest BCUT2D eigenvalue weighted by atomic mass is 16.5. The van der Waals surface area contributed by atoms with Crippen molar-refractivity contribution in [3.05, 3.63) is 60.4 Å².